The van der Waals surface area contributed by atoms with Crippen molar-refractivity contribution < 1.29 is 4.79 Å². The van der Waals surface area contributed by atoms with Gasteiger partial charge in [-0.1, -0.05) is 12.1 Å². The van der Waals surface area contributed by atoms with Gasteiger partial charge in [0.1, 0.15) is 0 Å². The lowest BCUT2D eigenvalue weighted by Crippen LogP contribution is -2.14. The summed E-state index contributed by atoms with van der Waals surface area (Å²) in [6.45, 7) is 2.00. The number of anilines is 1. The van der Waals surface area contributed by atoms with Crippen LogP contribution in [0.4, 0.5) is 5.69 Å². The van der Waals surface area contributed by atoms with Crippen LogP contribution in [0, 0.1) is 6.92 Å². The molecule has 0 bridgehead atoms. The van der Waals surface area contributed by atoms with E-state index in [-0.39, 0.29) is 5.91 Å². The first kappa shape index (κ1) is 12.3. The molecule has 1 aromatic carbocycles. The van der Waals surface area contributed by atoms with Crippen LogP contribution in [0.2, 0.25) is 0 Å². The second kappa shape index (κ2) is 5.47. The van der Waals surface area contributed by atoms with Crippen molar-refractivity contribution in [1.82, 2.24) is 0 Å². The summed E-state index contributed by atoms with van der Waals surface area (Å²) < 4.78 is 0.905. The number of amides is 1. The molecule has 88 valence electrons. The molecule has 0 aliphatic carbocycles. The first-order valence-electron chi connectivity index (χ1n) is 5.23. The van der Waals surface area contributed by atoms with Gasteiger partial charge in [0.05, 0.1) is 12.1 Å². The van der Waals surface area contributed by atoms with Crippen molar-refractivity contribution in [3.8, 4) is 0 Å². The molecule has 1 heterocycles. The van der Waals surface area contributed by atoms with E-state index < -0.39 is 0 Å². The van der Waals surface area contributed by atoms with Crippen LogP contribution in [-0.2, 0) is 11.2 Å². The van der Waals surface area contributed by atoms with Crippen LogP contribution in [-0.4, -0.2) is 5.91 Å². The lowest BCUT2D eigenvalue weighted by Gasteiger charge is -2.07. The molecule has 1 N–H and O–H groups in total. The Balaban J connectivity index is 2.05. The van der Waals surface area contributed by atoms with E-state index >= 15 is 0 Å². The number of aryl methyl sites for hydroxylation is 1. The SMILES string of the molecule is Cc1ccc(Br)c(NC(=O)Cc2cccs2)c1. The summed E-state index contributed by atoms with van der Waals surface area (Å²) in [5.41, 5.74) is 1.95. The van der Waals surface area contributed by atoms with Crippen molar-refractivity contribution >= 4 is 38.9 Å². The minimum absolute atomic E-state index is 0.0127. The second-order valence-electron chi connectivity index (χ2n) is 3.79. The lowest BCUT2D eigenvalue weighted by atomic mass is 10.2. The first-order chi connectivity index (χ1) is 8.15. The monoisotopic (exact) mass is 309 g/mol. The van der Waals surface area contributed by atoms with Gasteiger partial charge in [0.2, 0.25) is 5.91 Å². The fourth-order valence-corrected chi connectivity index (χ4v) is 2.55. The zero-order valence-corrected chi connectivity index (χ0v) is 11.8. The Morgan fingerprint density at radius 2 is 2.24 bits per heavy atom. The van der Waals surface area contributed by atoms with Crippen molar-refractivity contribution in [1.29, 1.82) is 0 Å². The molecular formula is C13H12BrNOS. The molecule has 0 atom stereocenters. The molecule has 0 radical (unpaired) electrons. The Morgan fingerprint density at radius 1 is 1.41 bits per heavy atom. The Bertz CT molecular complexity index is 522. The Hall–Kier alpha value is -1.13. The minimum Gasteiger partial charge on any atom is -0.325 e. The van der Waals surface area contributed by atoms with Crippen molar-refractivity contribution in [3.05, 3.63) is 50.6 Å². The van der Waals surface area contributed by atoms with Crippen LogP contribution >= 0.6 is 27.3 Å². The van der Waals surface area contributed by atoms with Gasteiger partial charge in [0.25, 0.3) is 0 Å². The van der Waals surface area contributed by atoms with Gasteiger partial charge < -0.3 is 5.32 Å². The molecule has 0 aliphatic rings. The maximum atomic E-state index is 11.8. The fourth-order valence-electron chi connectivity index (χ4n) is 1.50. The summed E-state index contributed by atoms with van der Waals surface area (Å²) in [6.07, 6.45) is 0.429. The number of carbonyl (C=O) groups excluding carboxylic acids is 1. The smallest absolute Gasteiger partial charge is 0.229 e. The van der Waals surface area contributed by atoms with Gasteiger partial charge in [-0.15, -0.1) is 11.3 Å². The molecule has 0 unspecified atom stereocenters. The summed E-state index contributed by atoms with van der Waals surface area (Å²) in [5.74, 6) is 0.0127. The third kappa shape index (κ3) is 3.41. The van der Waals surface area contributed by atoms with Crippen LogP contribution in [0.3, 0.4) is 0 Å². The van der Waals surface area contributed by atoms with E-state index in [1.54, 1.807) is 11.3 Å². The number of hydrogen-bond donors (Lipinski definition) is 1. The van der Waals surface area contributed by atoms with Gasteiger partial charge in [-0.25, -0.2) is 0 Å². The molecule has 2 nitrogen and oxygen atoms in total. The molecule has 0 saturated heterocycles. The normalized spacial score (nSPS) is 10.2. The standard InChI is InChI=1S/C13H12BrNOS/c1-9-4-5-11(14)12(7-9)15-13(16)8-10-3-2-6-17-10/h2-7H,8H2,1H3,(H,15,16). The quantitative estimate of drug-likeness (QED) is 0.912. The van der Waals surface area contributed by atoms with Gasteiger partial charge in [0.15, 0.2) is 0 Å². The fraction of sp³-hybridized carbons (Fsp3) is 0.154. The first-order valence-corrected chi connectivity index (χ1v) is 6.91. The number of benzene rings is 1. The average Bonchev–Trinajstić information content (AvgIpc) is 2.76. The van der Waals surface area contributed by atoms with E-state index in [0.717, 1.165) is 20.6 Å². The Kier molecular flexibility index (Phi) is 3.97. The molecule has 2 rings (SSSR count). The predicted molar refractivity (Wildman–Crippen MR) is 75.5 cm³/mol. The number of hydrogen-bond acceptors (Lipinski definition) is 2. The van der Waals surface area contributed by atoms with E-state index in [1.807, 2.05) is 42.6 Å². The molecule has 0 aliphatic heterocycles. The molecule has 1 aromatic heterocycles. The maximum Gasteiger partial charge on any atom is 0.229 e. The molecule has 17 heavy (non-hydrogen) atoms. The van der Waals surface area contributed by atoms with Crippen molar-refractivity contribution in [2.75, 3.05) is 5.32 Å². The van der Waals surface area contributed by atoms with E-state index in [4.69, 9.17) is 0 Å². The number of halogens is 1. The van der Waals surface area contributed by atoms with Crippen LogP contribution in [0.5, 0.6) is 0 Å². The highest BCUT2D eigenvalue weighted by Gasteiger charge is 2.07. The van der Waals surface area contributed by atoms with Gasteiger partial charge in [-0.2, -0.15) is 0 Å². The van der Waals surface area contributed by atoms with Crippen LogP contribution in [0.1, 0.15) is 10.4 Å². The number of thiophene rings is 1. The Labute approximate surface area is 113 Å². The van der Waals surface area contributed by atoms with Crippen LogP contribution < -0.4 is 5.32 Å². The zero-order valence-electron chi connectivity index (χ0n) is 9.37. The third-order valence-electron chi connectivity index (χ3n) is 2.31. The second-order valence-corrected chi connectivity index (χ2v) is 5.67. The highest BCUT2D eigenvalue weighted by Crippen LogP contribution is 2.23. The zero-order chi connectivity index (χ0) is 12.3. The van der Waals surface area contributed by atoms with Gasteiger partial charge in [0, 0.05) is 9.35 Å². The average molecular weight is 310 g/mol. The van der Waals surface area contributed by atoms with Crippen molar-refractivity contribution in [3.63, 3.8) is 0 Å². The third-order valence-corrected chi connectivity index (χ3v) is 3.88. The molecule has 0 fully saturated rings. The molecule has 2 aromatic rings. The summed E-state index contributed by atoms with van der Waals surface area (Å²) in [7, 11) is 0. The predicted octanol–water partition coefficient (Wildman–Crippen LogP) is 4.00. The Morgan fingerprint density at radius 3 is 2.94 bits per heavy atom. The lowest BCUT2D eigenvalue weighted by molar-refractivity contribution is -0.115. The van der Waals surface area contributed by atoms with Crippen molar-refractivity contribution in [2.45, 2.75) is 13.3 Å². The topological polar surface area (TPSA) is 29.1 Å². The summed E-state index contributed by atoms with van der Waals surface area (Å²) in [6, 6.07) is 9.82. The van der Waals surface area contributed by atoms with Gasteiger partial charge in [-0.3, -0.25) is 4.79 Å². The van der Waals surface area contributed by atoms with E-state index in [9.17, 15) is 4.79 Å². The molecular weight excluding hydrogens is 298 g/mol. The minimum atomic E-state index is 0.0127. The van der Waals surface area contributed by atoms with Crippen molar-refractivity contribution in [2.24, 2.45) is 0 Å². The largest absolute Gasteiger partial charge is 0.325 e. The number of carbonyl (C=O) groups is 1. The van der Waals surface area contributed by atoms with Gasteiger partial charge in [-0.05, 0) is 52.0 Å². The van der Waals surface area contributed by atoms with E-state index in [2.05, 4.69) is 21.2 Å². The maximum absolute atomic E-state index is 11.8. The molecule has 1 amide bonds. The summed E-state index contributed by atoms with van der Waals surface area (Å²) in [4.78, 5) is 12.9. The molecule has 4 heteroatoms. The van der Waals surface area contributed by atoms with Crippen LogP contribution in [0.25, 0.3) is 0 Å². The van der Waals surface area contributed by atoms with E-state index in [1.165, 1.54) is 0 Å². The number of nitrogens with one attached hydrogen (secondary N) is 1. The highest BCUT2D eigenvalue weighted by atomic mass is 79.9. The molecule has 0 saturated carbocycles. The molecule has 0 spiro atoms. The van der Waals surface area contributed by atoms with E-state index in [0.29, 0.717) is 6.42 Å². The van der Waals surface area contributed by atoms with Gasteiger partial charge >= 0.3 is 0 Å². The highest BCUT2D eigenvalue weighted by molar-refractivity contribution is 9.10. The summed E-state index contributed by atoms with van der Waals surface area (Å²) >= 11 is 5.02. The summed E-state index contributed by atoms with van der Waals surface area (Å²) in [5, 5.41) is 4.89. The number of rotatable bonds is 3. The van der Waals surface area contributed by atoms with Crippen LogP contribution in [0.15, 0.2) is 40.2 Å².